The number of hydrogen-bond donors (Lipinski definition) is 1. The van der Waals surface area contributed by atoms with Crippen LogP contribution in [0.4, 0.5) is 0 Å². The molecule has 2 nitrogen and oxygen atoms in total. The van der Waals surface area contributed by atoms with Crippen LogP contribution in [0.2, 0.25) is 0 Å². The van der Waals surface area contributed by atoms with Crippen LogP contribution in [-0.2, 0) is 4.74 Å². The molecule has 1 aliphatic rings. The predicted octanol–water partition coefficient (Wildman–Crippen LogP) is 2.58. The zero-order chi connectivity index (χ0) is 8.97. The Balaban J connectivity index is 0.000000150. The summed E-state index contributed by atoms with van der Waals surface area (Å²) in [5.41, 5.74) is 0.924. The fourth-order valence-electron chi connectivity index (χ4n) is 0.622. The summed E-state index contributed by atoms with van der Waals surface area (Å²) < 4.78 is 4.50. The Morgan fingerprint density at radius 1 is 1.17 bits per heavy atom. The Bertz CT molecular complexity index is 269. The molecule has 1 aliphatic heterocycles. The van der Waals surface area contributed by atoms with Crippen LogP contribution in [0.3, 0.4) is 0 Å². The van der Waals surface area contributed by atoms with Gasteiger partial charge in [0.15, 0.2) is 0 Å². The number of aromatic hydroxyl groups is 1. The van der Waals surface area contributed by atoms with Crippen molar-refractivity contribution in [3.63, 3.8) is 0 Å². The van der Waals surface area contributed by atoms with E-state index in [-0.39, 0.29) is 0 Å². The topological polar surface area (TPSA) is 32.8 Å². The summed E-state index contributed by atoms with van der Waals surface area (Å²) in [6.45, 7) is 3.79. The number of benzene rings is 1. The molecular weight excluding hydrogens is 152 g/mol. The SMILES string of the molecule is CC1=CO1.Cc1ccccc1O. The largest absolute Gasteiger partial charge is 0.508 e. The minimum absolute atomic E-state index is 0.368. The average molecular weight is 164 g/mol. The highest BCUT2D eigenvalue weighted by Crippen LogP contribution is 2.12. The maximum absolute atomic E-state index is 8.92. The van der Waals surface area contributed by atoms with Crippen LogP contribution in [0, 0.1) is 6.92 Å². The van der Waals surface area contributed by atoms with Gasteiger partial charge < -0.3 is 9.84 Å². The molecule has 0 unspecified atom stereocenters. The minimum Gasteiger partial charge on any atom is -0.508 e. The lowest BCUT2D eigenvalue weighted by Gasteiger charge is -1.92. The second-order valence-corrected chi connectivity index (χ2v) is 2.63. The molecule has 0 aliphatic carbocycles. The number of allylic oxidation sites excluding steroid dienone is 1. The van der Waals surface area contributed by atoms with Gasteiger partial charge in [0.05, 0.1) is 0 Å². The number of rotatable bonds is 0. The Kier molecular flexibility index (Phi) is 2.75. The molecule has 0 fully saturated rings. The van der Waals surface area contributed by atoms with E-state index in [1.807, 2.05) is 32.0 Å². The van der Waals surface area contributed by atoms with Gasteiger partial charge in [0, 0.05) is 0 Å². The maximum atomic E-state index is 8.92. The van der Waals surface area contributed by atoms with Crippen molar-refractivity contribution in [1.82, 2.24) is 0 Å². The van der Waals surface area contributed by atoms with Gasteiger partial charge in [-0.05, 0) is 25.5 Å². The summed E-state index contributed by atoms with van der Waals surface area (Å²) in [6, 6.07) is 7.25. The molecule has 1 N–H and O–H groups in total. The first-order valence-electron chi connectivity index (χ1n) is 3.78. The van der Waals surface area contributed by atoms with Crippen molar-refractivity contribution >= 4 is 0 Å². The highest BCUT2D eigenvalue weighted by molar-refractivity contribution is 5.29. The Hall–Kier alpha value is -1.44. The van der Waals surface area contributed by atoms with E-state index >= 15 is 0 Å². The van der Waals surface area contributed by atoms with Crippen LogP contribution in [0.1, 0.15) is 12.5 Å². The second-order valence-electron chi connectivity index (χ2n) is 2.63. The first-order valence-corrected chi connectivity index (χ1v) is 3.78. The molecule has 1 aromatic rings. The third kappa shape index (κ3) is 3.10. The van der Waals surface area contributed by atoms with E-state index < -0.39 is 0 Å². The predicted molar refractivity (Wildman–Crippen MR) is 47.7 cm³/mol. The molecule has 0 spiro atoms. The van der Waals surface area contributed by atoms with E-state index in [0.717, 1.165) is 11.3 Å². The maximum Gasteiger partial charge on any atom is 0.135 e. The molecule has 0 amide bonds. The summed E-state index contributed by atoms with van der Waals surface area (Å²) in [5.74, 6) is 1.41. The lowest BCUT2D eigenvalue weighted by molar-refractivity contribution is 0.471. The zero-order valence-electron chi connectivity index (χ0n) is 7.24. The third-order valence-corrected chi connectivity index (χ3v) is 1.47. The number of phenols is 1. The molecule has 0 saturated carbocycles. The normalized spacial score (nSPS) is 12.0. The number of aryl methyl sites for hydroxylation is 1. The number of para-hydroxylation sites is 1. The summed E-state index contributed by atoms with van der Waals surface area (Å²) in [7, 11) is 0. The molecule has 2 heteroatoms. The van der Waals surface area contributed by atoms with E-state index in [9.17, 15) is 0 Å². The molecule has 1 aromatic carbocycles. The molecule has 0 radical (unpaired) electrons. The lowest BCUT2D eigenvalue weighted by atomic mass is 10.2. The van der Waals surface area contributed by atoms with E-state index in [1.54, 1.807) is 12.3 Å². The minimum atomic E-state index is 0.368. The van der Waals surface area contributed by atoms with Gasteiger partial charge in [0.25, 0.3) is 0 Å². The van der Waals surface area contributed by atoms with Crippen molar-refractivity contribution in [3.8, 4) is 5.75 Å². The number of hydrogen-bond acceptors (Lipinski definition) is 2. The van der Waals surface area contributed by atoms with E-state index in [1.165, 1.54) is 0 Å². The van der Waals surface area contributed by atoms with Gasteiger partial charge in [-0.3, -0.25) is 0 Å². The molecule has 2 rings (SSSR count). The summed E-state index contributed by atoms with van der Waals surface area (Å²) in [6.07, 6.45) is 1.71. The second kappa shape index (κ2) is 3.81. The first-order chi connectivity index (χ1) is 5.70. The Morgan fingerprint density at radius 3 is 1.92 bits per heavy atom. The van der Waals surface area contributed by atoms with Crippen LogP contribution in [0.15, 0.2) is 36.3 Å². The first kappa shape index (κ1) is 8.65. The van der Waals surface area contributed by atoms with Crippen LogP contribution in [0.25, 0.3) is 0 Å². The Morgan fingerprint density at radius 2 is 1.67 bits per heavy atom. The average Bonchev–Trinajstić information content (AvgIpc) is 2.80. The molecule has 1 heterocycles. The number of ether oxygens (including phenoxy) is 1. The molecule has 0 saturated heterocycles. The van der Waals surface area contributed by atoms with E-state index in [2.05, 4.69) is 4.74 Å². The molecule has 0 atom stereocenters. The number of phenolic OH excluding ortho intramolecular Hbond substituents is 1. The van der Waals surface area contributed by atoms with Crippen molar-refractivity contribution in [2.75, 3.05) is 0 Å². The zero-order valence-corrected chi connectivity index (χ0v) is 7.24. The van der Waals surface area contributed by atoms with E-state index in [0.29, 0.717) is 5.75 Å². The summed E-state index contributed by atoms with van der Waals surface area (Å²) in [5, 5.41) is 8.92. The van der Waals surface area contributed by atoms with Crippen molar-refractivity contribution in [1.29, 1.82) is 0 Å². The van der Waals surface area contributed by atoms with Crippen molar-refractivity contribution in [3.05, 3.63) is 41.9 Å². The van der Waals surface area contributed by atoms with Crippen LogP contribution >= 0.6 is 0 Å². The third-order valence-electron chi connectivity index (χ3n) is 1.47. The van der Waals surface area contributed by atoms with Crippen molar-refractivity contribution in [2.24, 2.45) is 0 Å². The van der Waals surface area contributed by atoms with Gasteiger partial charge in [-0.25, -0.2) is 0 Å². The van der Waals surface area contributed by atoms with Gasteiger partial charge in [-0.2, -0.15) is 0 Å². The van der Waals surface area contributed by atoms with Gasteiger partial charge in [0.2, 0.25) is 0 Å². The molecule has 0 aromatic heterocycles. The van der Waals surface area contributed by atoms with Crippen LogP contribution < -0.4 is 0 Å². The van der Waals surface area contributed by atoms with Crippen LogP contribution in [0.5, 0.6) is 5.75 Å². The fraction of sp³-hybridized carbons (Fsp3) is 0.200. The van der Waals surface area contributed by atoms with Crippen molar-refractivity contribution in [2.45, 2.75) is 13.8 Å². The van der Waals surface area contributed by atoms with Crippen LogP contribution in [-0.4, -0.2) is 5.11 Å². The quantitative estimate of drug-likeness (QED) is 0.639. The fourth-order valence-corrected chi connectivity index (χ4v) is 0.622. The summed E-state index contributed by atoms with van der Waals surface area (Å²) in [4.78, 5) is 0. The monoisotopic (exact) mass is 164 g/mol. The Labute approximate surface area is 72.1 Å². The molecule has 12 heavy (non-hydrogen) atoms. The van der Waals surface area contributed by atoms with Gasteiger partial charge >= 0.3 is 0 Å². The van der Waals surface area contributed by atoms with Gasteiger partial charge in [-0.1, -0.05) is 18.2 Å². The van der Waals surface area contributed by atoms with Crippen molar-refractivity contribution < 1.29 is 9.84 Å². The smallest absolute Gasteiger partial charge is 0.135 e. The molecular formula is C10H12O2. The highest BCUT2D eigenvalue weighted by atomic mass is 16.5. The lowest BCUT2D eigenvalue weighted by Crippen LogP contribution is -1.68. The summed E-state index contributed by atoms with van der Waals surface area (Å²) >= 11 is 0. The van der Waals surface area contributed by atoms with Gasteiger partial charge in [0.1, 0.15) is 17.8 Å². The standard InChI is InChI=1S/C7H8O.C3H4O/c1-6-4-2-3-5-7(6)8;1-3-2-4-3/h2-5,8H,1H3;2H,1H3. The van der Waals surface area contributed by atoms with Gasteiger partial charge in [-0.15, -0.1) is 0 Å². The molecule has 64 valence electrons. The highest BCUT2D eigenvalue weighted by Gasteiger charge is 1.95. The molecule has 0 bridgehead atoms. The van der Waals surface area contributed by atoms with E-state index in [4.69, 9.17) is 5.11 Å².